The molecule has 2 saturated carbocycles. The topological polar surface area (TPSA) is 66.5 Å². The Bertz CT molecular complexity index is 722. The van der Waals surface area contributed by atoms with Crippen molar-refractivity contribution in [2.24, 2.45) is 11.8 Å². The van der Waals surface area contributed by atoms with Gasteiger partial charge in [0.05, 0.1) is 12.8 Å². The number of halogens is 1. The molecule has 1 aromatic carbocycles. The van der Waals surface area contributed by atoms with E-state index in [9.17, 15) is 13.2 Å². The summed E-state index contributed by atoms with van der Waals surface area (Å²) >= 11 is 6.11. The van der Waals surface area contributed by atoms with E-state index in [1.807, 2.05) is 0 Å². The minimum atomic E-state index is -3.50. The van der Waals surface area contributed by atoms with Crippen molar-refractivity contribution in [1.29, 1.82) is 0 Å². The maximum Gasteiger partial charge on any atom is 0.235 e. The van der Waals surface area contributed by atoms with E-state index in [1.165, 1.54) is 23.6 Å². The summed E-state index contributed by atoms with van der Waals surface area (Å²) in [7, 11) is -3.50. The second kappa shape index (κ2) is 7.02. The number of sulfonamides is 1. The Morgan fingerprint density at radius 3 is 2.62 bits per heavy atom. The van der Waals surface area contributed by atoms with Gasteiger partial charge >= 0.3 is 0 Å². The second-order valence-corrected chi connectivity index (χ2v) is 9.36. The first-order chi connectivity index (χ1) is 11.3. The maximum absolute atomic E-state index is 12.4. The lowest BCUT2D eigenvalue weighted by atomic mass is 9.95. The molecule has 5 nitrogen and oxygen atoms in total. The van der Waals surface area contributed by atoms with Gasteiger partial charge in [0, 0.05) is 17.6 Å². The Balaban J connectivity index is 1.64. The monoisotopic (exact) mass is 370 g/mol. The smallest absolute Gasteiger partial charge is 0.235 e. The summed E-state index contributed by atoms with van der Waals surface area (Å²) in [6.45, 7) is -0.0689. The molecule has 2 aliphatic rings. The lowest BCUT2D eigenvalue weighted by Crippen LogP contribution is -2.45. The van der Waals surface area contributed by atoms with Crippen LogP contribution in [-0.2, 0) is 21.4 Å². The first kappa shape index (κ1) is 17.7. The van der Waals surface area contributed by atoms with E-state index in [4.69, 9.17) is 11.6 Å². The fourth-order valence-electron chi connectivity index (χ4n) is 3.94. The number of nitrogens with one attached hydrogen (secondary N) is 1. The predicted octanol–water partition coefficient (Wildman–Crippen LogP) is 2.41. The van der Waals surface area contributed by atoms with Gasteiger partial charge in [-0.05, 0) is 42.7 Å². The molecule has 0 aliphatic heterocycles. The van der Waals surface area contributed by atoms with Crippen LogP contribution >= 0.6 is 11.6 Å². The van der Waals surface area contributed by atoms with E-state index in [2.05, 4.69) is 5.32 Å². The Hall–Kier alpha value is -1.11. The van der Waals surface area contributed by atoms with Crippen LogP contribution in [0, 0.1) is 11.8 Å². The number of nitrogens with zero attached hydrogens (tertiary/aromatic N) is 1. The molecule has 1 N–H and O–H groups in total. The van der Waals surface area contributed by atoms with Crippen LogP contribution < -0.4 is 5.32 Å². The standard InChI is InChI=1S/C17H23ClN2O3S/c1-24(22,23)20(10-14-4-2-3-5-15(14)18)11-17(21)19-16-9-12-6-7-13(16)8-12/h2-5,12-13,16H,6-11H2,1H3,(H,19,21)/t12-,13-,16-/m0/s1. The highest BCUT2D eigenvalue weighted by atomic mass is 35.5. The molecule has 1 amide bonds. The first-order valence-corrected chi connectivity index (χ1v) is 10.5. The van der Waals surface area contributed by atoms with Gasteiger partial charge in [-0.25, -0.2) is 8.42 Å². The number of carbonyl (C=O) groups is 1. The molecule has 0 unspecified atom stereocenters. The molecule has 0 heterocycles. The zero-order chi connectivity index (χ0) is 17.3. The Morgan fingerprint density at radius 1 is 1.29 bits per heavy atom. The summed E-state index contributed by atoms with van der Waals surface area (Å²) in [5, 5.41) is 3.53. The maximum atomic E-state index is 12.4. The van der Waals surface area contributed by atoms with Gasteiger partial charge in [-0.15, -0.1) is 0 Å². The van der Waals surface area contributed by atoms with E-state index in [0.29, 0.717) is 16.5 Å². The van der Waals surface area contributed by atoms with Crippen molar-refractivity contribution >= 4 is 27.5 Å². The van der Waals surface area contributed by atoms with Crippen LogP contribution in [0.15, 0.2) is 24.3 Å². The van der Waals surface area contributed by atoms with E-state index in [1.54, 1.807) is 24.3 Å². The Morgan fingerprint density at radius 2 is 2.04 bits per heavy atom. The predicted molar refractivity (Wildman–Crippen MR) is 94.1 cm³/mol. The van der Waals surface area contributed by atoms with E-state index >= 15 is 0 Å². The minimum Gasteiger partial charge on any atom is -0.352 e. The average Bonchev–Trinajstić information content (AvgIpc) is 3.10. The number of fused-ring (bicyclic) bond motifs is 2. The Kier molecular flexibility index (Phi) is 5.18. The molecule has 0 aromatic heterocycles. The summed E-state index contributed by atoms with van der Waals surface area (Å²) < 4.78 is 25.3. The number of carbonyl (C=O) groups excluding carboxylic acids is 1. The number of hydrogen-bond acceptors (Lipinski definition) is 3. The molecule has 2 fully saturated rings. The first-order valence-electron chi connectivity index (χ1n) is 8.31. The van der Waals surface area contributed by atoms with Crippen LogP contribution in [0.1, 0.15) is 31.2 Å². The molecular formula is C17H23ClN2O3S. The third-order valence-corrected chi connectivity index (χ3v) is 6.74. The zero-order valence-corrected chi connectivity index (χ0v) is 15.3. The normalized spacial score (nSPS) is 26.0. The van der Waals surface area contributed by atoms with Gasteiger partial charge in [0.15, 0.2) is 0 Å². The van der Waals surface area contributed by atoms with Crippen molar-refractivity contribution in [3.05, 3.63) is 34.9 Å². The Labute approximate surface area is 148 Å². The number of benzene rings is 1. The third-order valence-electron chi connectivity index (χ3n) is 5.18. The van der Waals surface area contributed by atoms with Gasteiger partial charge in [0.1, 0.15) is 0 Å². The quantitative estimate of drug-likeness (QED) is 0.836. The fourth-order valence-corrected chi connectivity index (χ4v) is 4.86. The molecule has 3 rings (SSSR count). The zero-order valence-electron chi connectivity index (χ0n) is 13.7. The number of rotatable bonds is 6. The van der Waals surface area contributed by atoms with Crippen LogP contribution in [0.2, 0.25) is 5.02 Å². The summed E-state index contributed by atoms with van der Waals surface area (Å²) in [5.41, 5.74) is 0.692. The van der Waals surface area contributed by atoms with Crippen LogP contribution in [0.5, 0.6) is 0 Å². The lowest BCUT2D eigenvalue weighted by molar-refractivity contribution is -0.122. The second-order valence-electron chi connectivity index (χ2n) is 6.97. The van der Waals surface area contributed by atoms with Gasteiger partial charge in [-0.1, -0.05) is 36.2 Å². The SMILES string of the molecule is CS(=O)(=O)N(CC(=O)N[C@H]1C[C@H]2CC[C@H]1C2)Cc1ccccc1Cl. The highest BCUT2D eigenvalue weighted by Gasteiger charge is 2.40. The molecule has 0 radical (unpaired) electrons. The summed E-state index contributed by atoms with van der Waals surface area (Å²) in [5.74, 6) is 1.06. The average molecular weight is 371 g/mol. The van der Waals surface area contributed by atoms with Crippen LogP contribution in [-0.4, -0.2) is 37.5 Å². The highest BCUT2D eigenvalue weighted by molar-refractivity contribution is 7.88. The van der Waals surface area contributed by atoms with Crippen LogP contribution in [0.25, 0.3) is 0 Å². The molecule has 1 aromatic rings. The van der Waals surface area contributed by atoms with Crippen LogP contribution in [0.4, 0.5) is 0 Å². The molecule has 0 spiro atoms. The summed E-state index contributed by atoms with van der Waals surface area (Å²) in [6.07, 6.45) is 5.78. The van der Waals surface area contributed by atoms with Crippen molar-refractivity contribution in [2.45, 2.75) is 38.3 Å². The van der Waals surface area contributed by atoms with Crippen molar-refractivity contribution in [1.82, 2.24) is 9.62 Å². The highest BCUT2D eigenvalue weighted by Crippen LogP contribution is 2.44. The van der Waals surface area contributed by atoms with Gasteiger partial charge in [-0.2, -0.15) is 4.31 Å². The number of hydrogen-bond donors (Lipinski definition) is 1. The van der Waals surface area contributed by atoms with Gasteiger partial charge < -0.3 is 5.32 Å². The largest absolute Gasteiger partial charge is 0.352 e. The van der Waals surface area contributed by atoms with Crippen molar-refractivity contribution in [2.75, 3.05) is 12.8 Å². The molecule has 7 heteroatoms. The molecular weight excluding hydrogens is 348 g/mol. The molecule has 2 aliphatic carbocycles. The van der Waals surface area contributed by atoms with Gasteiger partial charge in [0.25, 0.3) is 0 Å². The third kappa shape index (κ3) is 4.10. The molecule has 0 saturated heterocycles. The summed E-state index contributed by atoms with van der Waals surface area (Å²) in [6, 6.07) is 7.29. The van der Waals surface area contributed by atoms with E-state index < -0.39 is 10.0 Å². The number of amides is 1. The minimum absolute atomic E-state index is 0.0998. The van der Waals surface area contributed by atoms with Crippen molar-refractivity contribution < 1.29 is 13.2 Å². The lowest BCUT2D eigenvalue weighted by Gasteiger charge is -2.25. The van der Waals surface area contributed by atoms with Gasteiger partial charge in [-0.3, -0.25) is 4.79 Å². The summed E-state index contributed by atoms with van der Waals surface area (Å²) in [4.78, 5) is 12.4. The van der Waals surface area contributed by atoms with Crippen LogP contribution in [0.3, 0.4) is 0 Å². The molecule has 24 heavy (non-hydrogen) atoms. The fraction of sp³-hybridized carbons (Fsp3) is 0.588. The molecule has 2 bridgehead atoms. The van der Waals surface area contributed by atoms with Crippen molar-refractivity contribution in [3.63, 3.8) is 0 Å². The molecule has 3 atom stereocenters. The molecule has 132 valence electrons. The van der Waals surface area contributed by atoms with E-state index in [-0.39, 0.29) is 25.0 Å². The van der Waals surface area contributed by atoms with Crippen molar-refractivity contribution in [3.8, 4) is 0 Å². The van der Waals surface area contributed by atoms with E-state index in [0.717, 1.165) is 18.6 Å². The van der Waals surface area contributed by atoms with Gasteiger partial charge in [0.2, 0.25) is 15.9 Å².